The third-order valence-corrected chi connectivity index (χ3v) is 6.55. The van der Waals surface area contributed by atoms with Crippen LogP contribution in [-0.2, 0) is 4.79 Å². The molecule has 10 heteroatoms. The van der Waals surface area contributed by atoms with Gasteiger partial charge in [0, 0.05) is 30.9 Å². The number of hydrogen-bond acceptors (Lipinski definition) is 5. The zero-order valence-corrected chi connectivity index (χ0v) is 20.6. The third kappa shape index (κ3) is 5.28. The average molecular weight is 515 g/mol. The number of carbonyl (C=O) groups is 2. The lowest BCUT2D eigenvalue weighted by molar-refractivity contribution is -0.127. The van der Waals surface area contributed by atoms with Gasteiger partial charge in [0.2, 0.25) is 5.91 Å². The Balaban J connectivity index is 1.65. The SMILES string of the molecule is C=CC(=O)N1CCCC(n2cc(C(N)=O)c(-c3ccc(Oc4ccc(Cl)c(Cl)c4)c(OC)c3)n2)C1. The van der Waals surface area contributed by atoms with Gasteiger partial charge in [0.05, 0.1) is 28.8 Å². The molecule has 1 atom stereocenters. The number of carbonyl (C=O) groups excluding carboxylic acids is 2. The molecule has 182 valence electrons. The summed E-state index contributed by atoms with van der Waals surface area (Å²) in [5, 5.41) is 5.47. The molecule has 2 heterocycles. The molecule has 2 N–H and O–H groups in total. The van der Waals surface area contributed by atoms with E-state index >= 15 is 0 Å². The molecule has 1 unspecified atom stereocenters. The number of nitrogens with two attached hydrogens (primary N) is 1. The van der Waals surface area contributed by atoms with E-state index in [0.29, 0.717) is 51.6 Å². The van der Waals surface area contributed by atoms with Crippen LogP contribution in [0, 0.1) is 0 Å². The molecule has 0 saturated carbocycles. The Bertz CT molecular complexity index is 1290. The molecule has 0 aliphatic carbocycles. The van der Waals surface area contributed by atoms with Crippen molar-refractivity contribution >= 4 is 35.0 Å². The van der Waals surface area contributed by atoms with E-state index in [1.165, 1.54) is 13.2 Å². The molecule has 35 heavy (non-hydrogen) atoms. The molecular formula is C25H24Cl2N4O4. The summed E-state index contributed by atoms with van der Waals surface area (Å²) in [6.07, 6.45) is 4.58. The number of hydrogen-bond donors (Lipinski definition) is 1. The van der Waals surface area contributed by atoms with Crippen LogP contribution < -0.4 is 15.2 Å². The maximum Gasteiger partial charge on any atom is 0.252 e. The van der Waals surface area contributed by atoms with Crippen LogP contribution in [0.3, 0.4) is 0 Å². The van der Waals surface area contributed by atoms with Crippen LogP contribution in [0.4, 0.5) is 0 Å². The topological polar surface area (TPSA) is 99.7 Å². The molecular weight excluding hydrogens is 491 g/mol. The first kappa shape index (κ1) is 24.6. The van der Waals surface area contributed by atoms with Gasteiger partial charge in [-0.15, -0.1) is 0 Å². The molecule has 3 aromatic rings. The van der Waals surface area contributed by atoms with Crippen molar-refractivity contribution < 1.29 is 19.1 Å². The van der Waals surface area contributed by atoms with Crippen molar-refractivity contribution in [3.8, 4) is 28.5 Å². The predicted molar refractivity (Wildman–Crippen MR) is 134 cm³/mol. The maximum absolute atomic E-state index is 12.2. The summed E-state index contributed by atoms with van der Waals surface area (Å²) in [6.45, 7) is 4.70. The zero-order valence-electron chi connectivity index (χ0n) is 19.0. The van der Waals surface area contributed by atoms with Crippen LogP contribution in [-0.4, -0.2) is 46.7 Å². The molecule has 1 saturated heterocycles. The Morgan fingerprint density at radius 2 is 1.97 bits per heavy atom. The number of ether oxygens (including phenoxy) is 2. The van der Waals surface area contributed by atoms with Crippen LogP contribution in [0.5, 0.6) is 17.2 Å². The monoisotopic (exact) mass is 514 g/mol. The van der Waals surface area contributed by atoms with Gasteiger partial charge in [-0.3, -0.25) is 14.3 Å². The Morgan fingerprint density at radius 1 is 1.17 bits per heavy atom. The number of nitrogens with zero attached hydrogens (tertiary/aromatic N) is 3. The van der Waals surface area contributed by atoms with Gasteiger partial charge < -0.3 is 20.1 Å². The Labute approximate surface area is 212 Å². The molecule has 0 spiro atoms. The summed E-state index contributed by atoms with van der Waals surface area (Å²) in [7, 11) is 1.52. The van der Waals surface area contributed by atoms with Gasteiger partial charge in [0.1, 0.15) is 11.4 Å². The highest BCUT2D eigenvalue weighted by molar-refractivity contribution is 6.42. The first-order valence-electron chi connectivity index (χ1n) is 10.9. The van der Waals surface area contributed by atoms with Crippen molar-refractivity contribution in [2.24, 2.45) is 5.73 Å². The molecule has 0 bridgehead atoms. The molecule has 0 radical (unpaired) electrons. The number of primary amides is 1. The lowest BCUT2D eigenvalue weighted by Crippen LogP contribution is -2.40. The van der Waals surface area contributed by atoms with Crippen LogP contribution in [0.25, 0.3) is 11.3 Å². The summed E-state index contributed by atoms with van der Waals surface area (Å²) in [5.74, 6) is 0.638. The van der Waals surface area contributed by atoms with Crippen molar-refractivity contribution in [1.82, 2.24) is 14.7 Å². The second-order valence-electron chi connectivity index (χ2n) is 8.06. The van der Waals surface area contributed by atoms with E-state index < -0.39 is 5.91 Å². The molecule has 2 aromatic carbocycles. The summed E-state index contributed by atoms with van der Waals surface area (Å²) in [4.78, 5) is 26.0. The number of rotatable bonds is 7. The van der Waals surface area contributed by atoms with Crippen molar-refractivity contribution in [3.63, 3.8) is 0 Å². The molecule has 1 aliphatic rings. The number of halogens is 2. The minimum Gasteiger partial charge on any atom is -0.493 e. The predicted octanol–water partition coefficient (Wildman–Crippen LogP) is 5.11. The number of methoxy groups -OCH3 is 1. The number of aromatic nitrogens is 2. The first-order valence-corrected chi connectivity index (χ1v) is 11.7. The minimum absolute atomic E-state index is 0.0846. The number of amides is 2. The Morgan fingerprint density at radius 3 is 2.66 bits per heavy atom. The van der Waals surface area contributed by atoms with Crippen molar-refractivity contribution in [3.05, 3.63) is 70.9 Å². The fourth-order valence-electron chi connectivity index (χ4n) is 4.04. The average Bonchev–Trinajstić information content (AvgIpc) is 3.32. The standard InChI is InChI=1S/C25H24Cl2N4O4/c1-3-23(32)30-10-4-5-16(13-30)31-14-18(25(28)33)24(29-31)15-6-9-21(22(11-15)34-2)35-17-7-8-19(26)20(27)12-17/h3,6-9,11-12,14,16H,1,4-5,10,13H2,2H3,(H2,28,33). The first-order chi connectivity index (χ1) is 16.8. The smallest absolute Gasteiger partial charge is 0.252 e. The van der Waals surface area contributed by atoms with Crippen LogP contribution in [0.15, 0.2) is 55.3 Å². The van der Waals surface area contributed by atoms with Gasteiger partial charge in [-0.05, 0) is 49.2 Å². The molecule has 8 nitrogen and oxygen atoms in total. The molecule has 2 amide bonds. The summed E-state index contributed by atoms with van der Waals surface area (Å²) >= 11 is 12.1. The van der Waals surface area contributed by atoms with Gasteiger partial charge in [0.15, 0.2) is 11.5 Å². The molecule has 1 aromatic heterocycles. The van der Waals surface area contributed by atoms with Crippen molar-refractivity contribution in [2.75, 3.05) is 20.2 Å². The van der Waals surface area contributed by atoms with E-state index in [0.717, 1.165) is 12.8 Å². The van der Waals surface area contributed by atoms with Crippen LogP contribution in [0.2, 0.25) is 10.0 Å². The molecule has 1 aliphatic heterocycles. The fourth-order valence-corrected chi connectivity index (χ4v) is 4.33. The summed E-state index contributed by atoms with van der Waals surface area (Å²) in [5.41, 5.74) is 7.00. The van der Waals surface area contributed by atoms with E-state index in [-0.39, 0.29) is 17.5 Å². The lowest BCUT2D eigenvalue weighted by atomic mass is 10.1. The van der Waals surface area contributed by atoms with E-state index in [1.807, 2.05) is 0 Å². The van der Waals surface area contributed by atoms with Gasteiger partial charge in [0.25, 0.3) is 5.91 Å². The van der Waals surface area contributed by atoms with Crippen molar-refractivity contribution in [1.29, 1.82) is 0 Å². The Hall–Kier alpha value is -3.49. The fraction of sp³-hybridized carbons (Fsp3) is 0.240. The third-order valence-electron chi connectivity index (χ3n) is 5.81. The van der Waals surface area contributed by atoms with E-state index in [4.69, 9.17) is 38.4 Å². The number of likely N-dealkylation sites (tertiary alicyclic amines) is 1. The van der Waals surface area contributed by atoms with E-state index in [9.17, 15) is 9.59 Å². The molecule has 1 fully saturated rings. The van der Waals surface area contributed by atoms with Gasteiger partial charge in [-0.2, -0.15) is 5.10 Å². The second kappa shape index (κ2) is 10.4. The quantitative estimate of drug-likeness (QED) is 0.441. The minimum atomic E-state index is -0.601. The van der Waals surface area contributed by atoms with E-state index in [1.54, 1.807) is 52.2 Å². The van der Waals surface area contributed by atoms with Crippen LogP contribution in [0.1, 0.15) is 29.2 Å². The lowest BCUT2D eigenvalue weighted by Gasteiger charge is -2.32. The van der Waals surface area contributed by atoms with Gasteiger partial charge in [-0.1, -0.05) is 29.8 Å². The normalized spacial score (nSPS) is 15.5. The highest BCUT2D eigenvalue weighted by Gasteiger charge is 2.26. The highest BCUT2D eigenvalue weighted by Crippen LogP contribution is 2.37. The number of piperidine rings is 1. The highest BCUT2D eigenvalue weighted by atomic mass is 35.5. The summed E-state index contributed by atoms with van der Waals surface area (Å²) < 4.78 is 13.2. The zero-order chi connectivity index (χ0) is 25.1. The largest absolute Gasteiger partial charge is 0.493 e. The van der Waals surface area contributed by atoms with Crippen LogP contribution >= 0.6 is 23.2 Å². The second-order valence-corrected chi connectivity index (χ2v) is 8.88. The Kier molecular flexibility index (Phi) is 7.33. The number of benzene rings is 2. The maximum atomic E-state index is 12.2. The molecule has 4 rings (SSSR count). The van der Waals surface area contributed by atoms with Gasteiger partial charge >= 0.3 is 0 Å². The van der Waals surface area contributed by atoms with Crippen molar-refractivity contribution in [2.45, 2.75) is 18.9 Å². The van der Waals surface area contributed by atoms with Gasteiger partial charge in [-0.25, -0.2) is 0 Å². The van der Waals surface area contributed by atoms with E-state index in [2.05, 4.69) is 11.7 Å². The summed E-state index contributed by atoms with van der Waals surface area (Å²) in [6, 6.07) is 10.1.